The molecule has 0 fully saturated rings. The van der Waals surface area contributed by atoms with E-state index in [1.165, 1.54) is 11.5 Å². The van der Waals surface area contributed by atoms with Crippen LogP contribution in [0.5, 0.6) is 0 Å². The van der Waals surface area contributed by atoms with Gasteiger partial charge in [0.15, 0.2) is 0 Å². The zero-order chi connectivity index (χ0) is 11.5. The molecule has 0 spiro atoms. The first-order valence-electron chi connectivity index (χ1n) is 5.23. The van der Waals surface area contributed by atoms with Crippen molar-refractivity contribution in [3.63, 3.8) is 0 Å². The Bertz CT molecular complexity index is 509. The van der Waals surface area contributed by atoms with Crippen LogP contribution in [0.15, 0.2) is 18.2 Å². The molecule has 0 bridgehead atoms. The van der Waals surface area contributed by atoms with Gasteiger partial charge in [0.2, 0.25) is 0 Å². The highest BCUT2D eigenvalue weighted by Crippen LogP contribution is 2.16. The molecule has 1 amide bonds. The summed E-state index contributed by atoms with van der Waals surface area (Å²) in [5.74, 6) is -0.0516. The molecular formula is C11H13N3OS. The lowest BCUT2D eigenvalue weighted by molar-refractivity contribution is 0.0939. The highest BCUT2D eigenvalue weighted by molar-refractivity contribution is 7.12. The topological polar surface area (TPSA) is 54.9 Å². The Morgan fingerprint density at radius 3 is 3.12 bits per heavy atom. The minimum absolute atomic E-state index is 0.0516. The first kappa shape index (κ1) is 11.0. The van der Waals surface area contributed by atoms with Crippen molar-refractivity contribution in [2.75, 3.05) is 0 Å². The average molecular weight is 235 g/mol. The molecule has 0 aliphatic carbocycles. The van der Waals surface area contributed by atoms with Crippen molar-refractivity contribution >= 4 is 27.7 Å². The van der Waals surface area contributed by atoms with Crippen molar-refractivity contribution < 1.29 is 4.79 Å². The van der Waals surface area contributed by atoms with E-state index in [-0.39, 0.29) is 11.9 Å². The van der Waals surface area contributed by atoms with Crippen LogP contribution in [0.1, 0.15) is 30.6 Å². The lowest BCUT2D eigenvalue weighted by atomic mass is 10.2. The zero-order valence-electron chi connectivity index (χ0n) is 9.23. The van der Waals surface area contributed by atoms with E-state index < -0.39 is 0 Å². The maximum absolute atomic E-state index is 11.8. The summed E-state index contributed by atoms with van der Waals surface area (Å²) < 4.78 is 4.84. The minimum atomic E-state index is -0.0516. The summed E-state index contributed by atoms with van der Waals surface area (Å²) in [5, 5.41) is 6.87. The van der Waals surface area contributed by atoms with Gasteiger partial charge < -0.3 is 5.32 Å². The SMILES string of the molecule is CCC(C)NC(=O)c1ccc2snnc2c1. The van der Waals surface area contributed by atoms with Gasteiger partial charge >= 0.3 is 0 Å². The van der Waals surface area contributed by atoms with E-state index in [1.54, 1.807) is 12.1 Å². The second-order valence-corrected chi connectivity index (χ2v) is 4.52. The molecule has 84 valence electrons. The van der Waals surface area contributed by atoms with E-state index >= 15 is 0 Å². The molecule has 16 heavy (non-hydrogen) atoms. The standard InChI is InChI=1S/C11H13N3OS/c1-3-7(2)12-11(15)8-4-5-10-9(6-8)13-14-16-10/h4-7H,3H2,1-2H3,(H,12,15). The second kappa shape index (κ2) is 4.57. The van der Waals surface area contributed by atoms with Crippen LogP contribution in [0.2, 0.25) is 0 Å². The molecule has 0 aliphatic rings. The summed E-state index contributed by atoms with van der Waals surface area (Å²) in [6.45, 7) is 4.03. The molecule has 1 N–H and O–H groups in total. The monoisotopic (exact) mass is 235 g/mol. The number of benzene rings is 1. The summed E-state index contributed by atoms with van der Waals surface area (Å²) in [6.07, 6.45) is 0.923. The number of hydrogen-bond donors (Lipinski definition) is 1. The summed E-state index contributed by atoms with van der Waals surface area (Å²) >= 11 is 1.33. The van der Waals surface area contributed by atoms with E-state index in [9.17, 15) is 4.79 Å². The smallest absolute Gasteiger partial charge is 0.251 e. The summed E-state index contributed by atoms with van der Waals surface area (Å²) in [5.41, 5.74) is 1.42. The summed E-state index contributed by atoms with van der Waals surface area (Å²) in [6, 6.07) is 5.65. The third-order valence-corrected chi connectivity index (χ3v) is 3.20. The predicted octanol–water partition coefficient (Wildman–Crippen LogP) is 2.22. The molecule has 1 unspecified atom stereocenters. The van der Waals surface area contributed by atoms with E-state index in [2.05, 4.69) is 14.9 Å². The van der Waals surface area contributed by atoms with Gasteiger partial charge in [0.1, 0.15) is 5.52 Å². The molecule has 1 aromatic heterocycles. The van der Waals surface area contributed by atoms with E-state index in [1.807, 2.05) is 19.9 Å². The maximum atomic E-state index is 11.8. The van der Waals surface area contributed by atoms with E-state index in [4.69, 9.17) is 0 Å². The Morgan fingerprint density at radius 1 is 1.56 bits per heavy atom. The normalized spacial score (nSPS) is 12.6. The minimum Gasteiger partial charge on any atom is -0.350 e. The molecule has 2 aromatic rings. The molecule has 0 saturated carbocycles. The number of carbonyl (C=O) groups excluding carboxylic acids is 1. The Hall–Kier alpha value is -1.49. The van der Waals surface area contributed by atoms with Gasteiger partial charge in [-0.2, -0.15) is 0 Å². The van der Waals surface area contributed by atoms with Crippen molar-refractivity contribution in [2.45, 2.75) is 26.3 Å². The molecular weight excluding hydrogens is 222 g/mol. The van der Waals surface area contributed by atoms with Gasteiger partial charge in [0, 0.05) is 11.6 Å². The Kier molecular flexibility index (Phi) is 3.14. The van der Waals surface area contributed by atoms with E-state index in [0.717, 1.165) is 16.6 Å². The summed E-state index contributed by atoms with van der Waals surface area (Å²) in [7, 11) is 0. The van der Waals surface area contributed by atoms with Crippen LogP contribution in [0.3, 0.4) is 0 Å². The molecule has 4 nitrogen and oxygen atoms in total. The lowest BCUT2D eigenvalue weighted by Crippen LogP contribution is -2.31. The van der Waals surface area contributed by atoms with Gasteiger partial charge in [-0.3, -0.25) is 4.79 Å². The van der Waals surface area contributed by atoms with Crippen molar-refractivity contribution in [1.29, 1.82) is 0 Å². The van der Waals surface area contributed by atoms with Gasteiger partial charge in [0.05, 0.1) is 4.70 Å². The fraction of sp³-hybridized carbons (Fsp3) is 0.364. The largest absolute Gasteiger partial charge is 0.350 e. The van der Waals surface area contributed by atoms with Crippen molar-refractivity contribution in [3.05, 3.63) is 23.8 Å². The number of nitrogens with zero attached hydrogens (tertiary/aromatic N) is 2. The van der Waals surface area contributed by atoms with Crippen LogP contribution < -0.4 is 5.32 Å². The third kappa shape index (κ3) is 2.19. The predicted molar refractivity (Wildman–Crippen MR) is 64.6 cm³/mol. The molecule has 1 atom stereocenters. The number of carbonyl (C=O) groups is 1. The Labute approximate surface area is 97.8 Å². The van der Waals surface area contributed by atoms with Gasteiger partial charge in [0.25, 0.3) is 5.91 Å². The summed E-state index contributed by atoms with van der Waals surface area (Å²) in [4.78, 5) is 11.8. The lowest BCUT2D eigenvalue weighted by Gasteiger charge is -2.10. The van der Waals surface area contributed by atoms with Crippen LogP contribution >= 0.6 is 11.5 Å². The van der Waals surface area contributed by atoms with Crippen LogP contribution in [0, 0.1) is 0 Å². The number of hydrogen-bond acceptors (Lipinski definition) is 4. The fourth-order valence-electron chi connectivity index (χ4n) is 1.33. The average Bonchev–Trinajstić information content (AvgIpc) is 2.75. The third-order valence-electron chi connectivity index (χ3n) is 2.50. The van der Waals surface area contributed by atoms with Gasteiger partial charge in [-0.05, 0) is 43.1 Å². The highest BCUT2D eigenvalue weighted by Gasteiger charge is 2.09. The van der Waals surface area contributed by atoms with Crippen molar-refractivity contribution in [1.82, 2.24) is 14.9 Å². The molecule has 0 radical (unpaired) electrons. The van der Waals surface area contributed by atoms with Gasteiger partial charge in [-0.25, -0.2) is 0 Å². The quantitative estimate of drug-likeness (QED) is 0.887. The fourth-order valence-corrected chi connectivity index (χ4v) is 1.87. The number of aromatic nitrogens is 2. The first-order chi connectivity index (χ1) is 7.70. The van der Waals surface area contributed by atoms with Gasteiger partial charge in [-0.1, -0.05) is 11.4 Å². The van der Waals surface area contributed by atoms with Crippen LogP contribution in [0.4, 0.5) is 0 Å². The first-order valence-corrected chi connectivity index (χ1v) is 6.01. The highest BCUT2D eigenvalue weighted by atomic mass is 32.1. The molecule has 1 heterocycles. The molecule has 5 heteroatoms. The Balaban J connectivity index is 2.22. The molecule has 0 saturated heterocycles. The molecule has 2 rings (SSSR count). The second-order valence-electron chi connectivity index (χ2n) is 3.74. The van der Waals surface area contributed by atoms with Crippen LogP contribution in [-0.4, -0.2) is 21.5 Å². The number of amides is 1. The molecule has 0 aliphatic heterocycles. The zero-order valence-corrected chi connectivity index (χ0v) is 10.0. The van der Waals surface area contributed by atoms with E-state index in [0.29, 0.717) is 5.56 Å². The van der Waals surface area contributed by atoms with Crippen molar-refractivity contribution in [3.8, 4) is 0 Å². The maximum Gasteiger partial charge on any atom is 0.251 e. The number of rotatable bonds is 3. The van der Waals surface area contributed by atoms with Crippen LogP contribution in [-0.2, 0) is 0 Å². The molecule has 1 aromatic carbocycles. The van der Waals surface area contributed by atoms with Crippen molar-refractivity contribution in [2.24, 2.45) is 0 Å². The Morgan fingerprint density at radius 2 is 2.38 bits per heavy atom. The van der Waals surface area contributed by atoms with Gasteiger partial charge in [-0.15, -0.1) is 5.10 Å². The van der Waals surface area contributed by atoms with Crippen LogP contribution in [0.25, 0.3) is 10.2 Å². The number of fused-ring (bicyclic) bond motifs is 1. The number of nitrogens with one attached hydrogen (secondary N) is 1.